The molecule has 2 aromatic rings. The number of piperidine rings is 1. The second-order valence-electron chi connectivity index (χ2n) is 6.26. The summed E-state index contributed by atoms with van der Waals surface area (Å²) >= 11 is 0. The van der Waals surface area contributed by atoms with E-state index in [2.05, 4.69) is 0 Å². The van der Waals surface area contributed by atoms with Gasteiger partial charge in [0.2, 0.25) is 0 Å². The maximum Gasteiger partial charge on any atom is 0.290 e. The number of benzene rings is 1. The van der Waals surface area contributed by atoms with E-state index in [0.29, 0.717) is 12.4 Å². The van der Waals surface area contributed by atoms with E-state index in [9.17, 15) is 4.79 Å². The van der Waals surface area contributed by atoms with E-state index in [1.807, 2.05) is 36.1 Å². The lowest BCUT2D eigenvalue weighted by atomic mass is 9.96. The van der Waals surface area contributed by atoms with Gasteiger partial charge in [0.1, 0.15) is 5.58 Å². The van der Waals surface area contributed by atoms with Gasteiger partial charge in [-0.05, 0) is 32.3 Å². The van der Waals surface area contributed by atoms with Crippen molar-refractivity contribution in [3.05, 3.63) is 35.6 Å². The van der Waals surface area contributed by atoms with E-state index in [1.165, 1.54) is 0 Å². The number of amides is 1. The number of methoxy groups -OCH3 is 1. The minimum Gasteiger partial charge on any atom is -0.451 e. The van der Waals surface area contributed by atoms with Gasteiger partial charge in [0, 0.05) is 36.7 Å². The number of furan rings is 1. The van der Waals surface area contributed by atoms with E-state index in [-0.39, 0.29) is 30.4 Å². The molecule has 6 heteroatoms. The van der Waals surface area contributed by atoms with E-state index < -0.39 is 0 Å². The zero-order chi connectivity index (χ0) is 16.4. The summed E-state index contributed by atoms with van der Waals surface area (Å²) in [6.45, 7) is 3.05. The molecule has 1 saturated heterocycles. The van der Waals surface area contributed by atoms with E-state index in [0.717, 1.165) is 42.3 Å². The monoisotopic (exact) mass is 352 g/mol. The predicted molar refractivity (Wildman–Crippen MR) is 96.5 cm³/mol. The number of para-hydroxylation sites is 1. The fourth-order valence-corrected chi connectivity index (χ4v) is 3.45. The smallest absolute Gasteiger partial charge is 0.290 e. The molecule has 0 saturated carbocycles. The van der Waals surface area contributed by atoms with Crippen molar-refractivity contribution in [3.63, 3.8) is 0 Å². The molecular weight excluding hydrogens is 328 g/mol. The molecule has 0 spiro atoms. The highest BCUT2D eigenvalue weighted by atomic mass is 35.5. The molecule has 0 aliphatic carbocycles. The molecule has 1 aliphatic rings. The molecule has 5 nitrogen and oxygen atoms in total. The van der Waals surface area contributed by atoms with Crippen molar-refractivity contribution in [2.45, 2.75) is 44.9 Å². The second-order valence-corrected chi connectivity index (χ2v) is 6.26. The third-order valence-electron chi connectivity index (χ3n) is 4.60. The van der Waals surface area contributed by atoms with Crippen molar-refractivity contribution in [2.24, 2.45) is 5.73 Å². The summed E-state index contributed by atoms with van der Waals surface area (Å²) in [5.74, 6) is 0.316. The van der Waals surface area contributed by atoms with Gasteiger partial charge in [-0.2, -0.15) is 0 Å². The summed E-state index contributed by atoms with van der Waals surface area (Å²) in [5.41, 5.74) is 7.64. The van der Waals surface area contributed by atoms with Crippen molar-refractivity contribution >= 4 is 29.3 Å². The van der Waals surface area contributed by atoms with Crippen LogP contribution >= 0.6 is 12.4 Å². The standard InChI is InChI=1S/C18H24N2O3.ClH/c1-12(19)15-8-5-6-10-20(15)18(21)17-14(11-22-2)13-7-3-4-9-16(13)23-17;/h3-4,7,9,12,15H,5-6,8,10-11,19H2,1-2H3;1H. The third-order valence-corrected chi connectivity index (χ3v) is 4.60. The molecule has 1 fully saturated rings. The van der Waals surface area contributed by atoms with E-state index in [4.69, 9.17) is 14.9 Å². The Hall–Kier alpha value is -1.56. The summed E-state index contributed by atoms with van der Waals surface area (Å²) in [6.07, 6.45) is 3.07. The average molecular weight is 353 g/mol. The number of hydrogen-bond acceptors (Lipinski definition) is 4. The van der Waals surface area contributed by atoms with Gasteiger partial charge in [-0.1, -0.05) is 18.2 Å². The molecule has 0 bridgehead atoms. The Bertz CT molecular complexity index is 699. The Balaban J connectivity index is 0.00000208. The lowest BCUT2D eigenvalue weighted by Gasteiger charge is -2.37. The lowest BCUT2D eigenvalue weighted by molar-refractivity contribution is 0.0548. The van der Waals surface area contributed by atoms with Gasteiger partial charge in [-0.3, -0.25) is 4.79 Å². The van der Waals surface area contributed by atoms with Gasteiger partial charge in [-0.15, -0.1) is 12.4 Å². The van der Waals surface area contributed by atoms with Crippen LogP contribution in [0, 0.1) is 0 Å². The maximum absolute atomic E-state index is 13.1. The summed E-state index contributed by atoms with van der Waals surface area (Å²) in [4.78, 5) is 15.0. The van der Waals surface area contributed by atoms with Gasteiger partial charge >= 0.3 is 0 Å². The Morgan fingerprint density at radius 3 is 2.88 bits per heavy atom. The van der Waals surface area contributed by atoms with Crippen LogP contribution in [0.25, 0.3) is 11.0 Å². The molecule has 1 aromatic heterocycles. The number of fused-ring (bicyclic) bond motifs is 1. The van der Waals surface area contributed by atoms with Gasteiger partial charge in [0.15, 0.2) is 5.76 Å². The van der Waals surface area contributed by atoms with Crippen LogP contribution in [0.1, 0.15) is 42.3 Å². The third kappa shape index (κ3) is 3.43. The van der Waals surface area contributed by atoms with Crippen molar-refractivity contribution in [2.75, 3.05) is 13.7 Å². The van der Waals surface area contributed by atoms with Crippen LogP contribution in [-0.4, -0.2) is 36.5 Å². The summed E-state index contributed by atoms with van der Waals surface area (Å²) in [5, 5.41) is 0.937. The van der Waals surface area contributed by atoms with Crippen LogP contribution in [0.3, 0.4) is 0 Å². The number of likely N-dealkylation sites (tertiary alicyclic amines) is 1. The van der Waals surface area contributed by atoms with Gasteiger partial charge < -0.3 is 19.8 Å². The zero-order valence-corrected chi connectivity index (χ0v) is 15.0. The number of carbonyl (C=O) groups excluding carboxylic acids is 1. The van der Waals surface area contributed by atoms with E-state index >= 15 is 0 Å². The molecule has 2 atom stereocenters. The van der Waals surface area contributed by atoms with Crippen LogP contribution in [0.2, 0.25) is 0 Å². The molecule has 3 rings (SSSR count). The normalized spacial score (nSPS) is 19.1. The van der Waals surface area contributed by atoms with Crippen LogP contribution in [0.15, 0.2) is 28.7 Å². The number of ether oxygens (including phenoxy) is 1. The van der Waals surface area contributed by atoms with Crippen molar-refractivity contribution in [3.8, 4) is 0 Å². The number of nitrogens with two attached hydrogens (primary N) is 1. The van der Waals surface area contributed by atoms with Crippen LogP contribution in [-0.2, 0) is 11.3 Å². The topological polar surface area (TPSA) is 68.7 Å². The largest absolute Gasteiger partial charge is 0.451 e. The Morgan fingerprint density at radius 2 is 2.17 bits per heavy atom. The average Bonchev–Trinajstić information content (AvgIpc) is 2.93. The van der Waals surface area contributed by atoms with Crippen molar-refractivity contribution in [1.29, 1.82) is 0 Å². The van der Waals surface area contributed by atoms with Crippen molar-refractivity contribution < 1.29 is 13.9 Å². The number of halogens is 1. The van der Waals surface area contributed by atoms with Gasteiger partial charge in [-0.25, -0.2) is 0 Å². The highest BCUT2D eigenvalue weighted by Crippen LogP contribution is 2.30. The molecule has 24 heavy (non-hydrogen) atoms. The number of nitrogens with zero attached hydrogens (tertiary/aromatic N) is 1. The molecule has 0 radical (unpaired) electrons. The fourth-order valence-electron chi connectivity index (χ4n) is 3.45. The SMILES string of the molecule is COCc1c(C(=O)N2CCCCC2C(C)N)oc2ccccc12.Cl. The Kier molecular flexibility index (Phi) is 6.27. The molecule has 2 heterocycles. The molecule has 2 N–H and O–H groups in total. The summed E-state index contributed by atoms with van der Waals surface area (Å²) in [7, 11) is 1.63. The first kappa shape index (κ1) is 18.8. The van der Waals surface area contributed by atoms with E-state index in [1.54, 1.807) is 7.11 Å². The quantitative estimate of drug-likeness (QED) is 0.916. The molecular formula is C18H25ClN2O3. The zero-order valence-electron chi connectivity index (χ0n) is 14.2. The van der Waals surface area contributed by atoms with Gasteiger partial charge in [0.05, 0.1) is 6.61 Å². The minimum atomic E-state index is -0.0738. The molecule has 1 aromatic carbocycles. The minimum absolute atomic E-state index is 0. The molecule has 2 unspecified atom stereocenters. The maximum atomic E-state index is 13.1. The first-order chi connectivity index (χ1) is 11.1. The van der Waals surface area contributed by atoms with Crippen LogP contribution in [0.4, 0.5) is 0 Å². The Labute approximate surface area is 148 Å². The second kappa shape index (κ2) is 8.01. The highest BCUT2D eigenvalue weighted by molar-refractivity contribution is 5.99. The Morgan fingerprint density at radius 1 is 1.42 bits per heavy atom. The first-order valence-electron chi connectivity index (χ1n) is 8.19. The molecule has 1 aliphatic heterocycles. The van der Waals surface area contributed by atoms with Crippen molar-refractivity contribution in [1.82, 2.24) is 4.90 Å². The fraction of sp³-hybridized carbons (Fsp3) is 0.500. The van der Waals surface area contributed by atoms with Crippen LogP contribution < -0.4 is 5.73 Å². The number of rotatable bonds is 4. The van der Waals surface area contributed by atoms with Gasteiger partial charge in [0.25, 0.3) is 5.91 Å². The number of carbonyl (C=O) groups is 1. The predicted octanol–water partition coefficient (Wildman–Crippen LogP) is 3.34. The molecule has 132 valence electrons. The first-order valence-corrected chi connectivity index (χ1v) is 8.19. The number of hydrogen-bond donors (Lipinski definition) is 1. The molecule has 1 amide bonds. The van der Waals surface area contributed by atoms with Crippen LogP contribution in [0.5, 0.6) is 0 Å². The highest BCUT2D eigenvalue weighted by Gasteiger charge is 2.33. The summed E-state index contributed by atoms with van der Waals surface area (Å²) < 4.78 is 11.2. The lowest BCUT2D eigenvalue weighted by Crippen LogP contribution is -2.51. The summed E-state index contributed by atoms with van der Waals surface area (Å²) in [6, 6.07) is 7.71.